The summed E-state index contributed by atoms with van der Waals surface area (Å²) in [6, 6.07) is 19.4. The van der Waals surface area contributed by atoms with Gasteiger partial charge in [0.1, 0.15) is 0 Å². The van der Waals surface area contributed by atoms with Crippen LogP contribution >= 0.6 is 11.3 Å². The van der Waals surface area contributed by atoms with Crippen LogP contribution in [0.1, 0.15) is 18.4 Å². The molecule has 2 aromatic heterocycles. The highest BCUT2D eigenvalue weighted by molar-refractivity contribution is 7.14. The lowest BCUT2D eigenvalue weighted by Crippen LogP contribution is -2.35. The number of aromatic nitrogens is 1. The number of fused-ring (bicyclic) bond motifs is 1. The zero-order valence-corrected chi connectivity index (χ0v) is 17.1. The summed E-state index contributed by atoms with van der Waals surface area (Å²) in [5, 5.41) is 16.7. The number of thiophene rings is 1. The number of nitrogens with zero attached hydrogens (tertiary/aromatic N) is 1. The predicted octanol–water partition coefficient (Wildman–Crippen LogP) is 5.60. The van der Waals surface area contributed by atoms with Gasteiger partial charge in [-0.1, -0.05) is 24.3 Å². The summed E-state index contributed by atoms with van der Waals surface area (Å²) in [4.78, 5) is 6.96. The van der Waals surface area contributed by atoms with Gasteiger partial charge in [0.15, 0.2) is 0 Å². The second-order valence-corrected chi connectivity index (χ2v) is 8.68. The van der Waals surface area contributed by atoms with E-state index in [1.165, 1.54) is 21.4 Å². The van der Waals surface area contributed by atoms with E-state index in [1.807, 2.05) is 6.20 Å². The summed E-state index contributed by atoms with van der Waals surface area (Å²) in [5.74, 6) is 0. The zero-order chi connectivity index (χ0) is 19.6. The van der Waals surface area contributed by atoms with Crippen molar-refractivity contribution in [2.75, 3.05) is 18.4 Å². The van der Waals surface area contributed by atoms with E-state index in [2.05, 4.69) is 75.2 Å². The largest absolute Gasteiger partial charge is 0.393 e. The quantitative estimate of drug-likeness (QED) is 0.407. The van der Waals surface area contributed by atoms with E-state index < -0.39 is 0 Å². The lowest BCUT2D eigenvalue weighted by Gasteiger charge is -2.30. The van der Waals surface area contributed by atoms with Crippen molar-refractivity contribution >= 4 is 33.6 Å². The first-order valence-corrected chi connectivity index (χ1v) is 11.0. The monoisotopic (exact) mass is 403 g/mol. The van der Waals surface area contributed by atoms with E-state index in [9.17, 15) is 5.11 Å². The summed E-state index contributed by atoms with van der Waals surface area (Å²) >= 11 is 1.78. The third-order valence-electron chi connectivity index (χ3n) is 5.68. The molecule has 5 rings (SSSR count). The van der Waals surface area contributed by atoms with Gasteiger partial charge in [-0.2, -0.15) is 0 Å². The third kappa shape index (κ3) is 4.08. The molecule has 0 saturated carbocycles. The van der Waals surface area contributed by atoms with Crippen LogP contribution in [-0.4, -0.2) is 34.2 Å². The van der Waals surface area contributed by atoms with Gasteiger partial charge in [-0.25, -0.2) is 0 Å². The van der Waals surface area contributed by atoms with Crippen molar-refractivity contribution in [2.45, 2.75) is 25.5 Å². The number of aliphatic hydroxyl groups excluding tert-OH is 1. The number of rotatable bonds is 5. The van der Waals surface area contributed by atoms with Crippen molar-refractivity contribution in [3.05, 3.63) is 71.7 Å². The Morgan fingerprint density at radius 3 is 2.79 bits per heavy atom. The summed E-state index contributed by atoms with van der Waals surface area (Å²) in [7, 11) is 0. The second-order valence-electron chi connectivity index (χ2n) is 7.77. The molecule has 1 aliphatic heterocycles. The molecule has 0 aliphatic carbocycles. The second kappa shape index (κ2) is 8.03. The fraction of sp³-hybridized carbons (Fsp3) is 0.250. The Balaban J connectivity index is 1.34. The van der Waals surface area contributed by atoms with Crippen LogP contribution in [0.25, 0.3) is 21.3 Å². The number of nitrogens with one attached hydrogen (secondary N) is 2. The lowest BCUT2D eigenvalue weighted by molar-refractivity contribution is 0.0793. The first-order valence-electron chi connectivity index (χ1n) is 10.2. The van der Waals surface area contributed by atoms with Crippen LogP contribution in [0.15, 0.2) is 66.2 Å². The average molecular weight is 404 g/mol. The van der Waals surface area contributed by atoms with Crippen LogP contribution in [-0.2, 0) is 6.54 Å². The molecule has 0 radical (unpaired) electrons. The van der Waals surface area contributed by atoms with Crippen LogP contribution in [0.2, 0.25) is 0 Å². The Bertz CT molecular complexity index is 1110. The molecule has 0 unspecified atom stereocenters. The van der Waals surface area contributed by atoms with Crippen LogP contribution in [0.5, 0.6) is 0 Å². The minimum Gasteiger partial charge on any atom is -0.393 e. The van der Waals surface area contributed by atoms with Gasteiger partial charge in [-0.3, -0.25) is 4.90 Å². The molecule has 2 aromatic carbocycles. The molecular weight excluding hydrogens is 378 g/mol. The van der Waals surface area contributed by atoms with Gasteiger partial charge in [0.25, 0.3) is 0 Å². The highest BCUT2D eigenvalue weighted by atomic mass is 32.1. The van der Waals surface area contributed by atoms with Crippen molar-refractivity contribution in [1.82, 2.24) is 9.88 Å². The molecule has 0 amide bonds. The molecule has 3 N–H and O–H groups in total. The number of likely N-dealkylation sites (tertiary alicyclic amines) is 1. The molecule has 4 aromatic rings. The molecule has 148 valence electrons. The van der Waals surface area contributed by atoms with Crippen molar-refractivity contribution in [3.63, 3.8) is 0 Å². The highest BCUT2D eigenvalue weighted by Gasteiger charge is 2.18. The van der Waals surface area contributed by atoms with E-state index in [0.717, 1.165) is 49.4 Å². The first-order chi connectivity index (χ1) is 14.2. The maximum atomic E-state index is 9.76. The fourth-order valence-corrected chi connectivity index (χ4v) is 4.96. The van der Waals surface area contributed by atoms with Crippen molar-refractivity contribution in [2.24, 2.45) is 0 Å². The van der Waals surface area contributed by atoms with Crippen molar-refractivity contribution in [1.29, 1.82) is 0 Å². The van der Waals surface area contributed by atoms with Crippen LogP contribution in [0.4, 0.5) is 11.4 Å². The number of hydrogen-bond donors (Lipinski definition) is 3. The van der Waals surface area contributed by atoms with Crippen LogP contribution in [0, 0.1) is 0 Å². The Kier molecular flexibility index (Phi) is 5.10. The normalized spacial score (nSPS) is 15.8. The zero-order valence-electron chi connectivity index (χ0n) is 16.3. The lowest BCUT2D eigenvalue weighted by atomic mass is 10.0. The van der Waals surface area contributed by atoms with Crippen molar-refractivity contribution in [3.8, 4) is 10.4 Å². The average Bonchev–Trinajstić information content (AvgIpc) is 3.39. The van der Waals surface area contributed by atoms with Gasteiger partial charge in [-0.15, -0.1) is 11.3 Å². The molecule has 1 saturated heterocycles. The van der Waals surface area contributed by atoms with Gasteiger partial charge in [0, 0.05) is 58.4 Å². The van der Waals surface area contributed by atoms with Gasteiger partial charge in [0.05, 0.1) is 6.10 Å². The summed E-state index contributed by atoms with van der Waals surface area (Å²) < 4.78 is 0. The standard InChI is InChI=1S/C24H25N3OS/c28-21-8-11-27(12-9-21)15-18-3-1-2-4-22(18)24-14-20(16-29-24)26-19-5-6-23-17(13-19)7-10-25-23/h1-7,10,13-14,16,21,25-26,28H,8-9,11-12,15H2. The third-order valence-corrected chi connectivity index (χ3v) is 6.64. The number of benzene rings is 2. The van der Waals surface area contributed by atoms with E-state index in [0.29, 0.717) is 0 Å². The SMILES string of the molecule is OC1CCN(Cc2ccccc2-c2cc(Nc3ccc4[nH]ccc4c3)cs2)CC1. The Hall–Kier alpha value is -2.60. The molecule has 0 spiro atoms. The summed E-state index contributed by atoms with van der Waals surface area (Å²) in [5.41, 5.74) is 6.03. The predicted molar refractivity (Wildman–Crippen MR) is 122 cm³/mol. The Morgan fingerprint density at radius 1 is 1.03 bits per heavy atom. The smallest absolute Gasteiger partial charge is 0.0564 e. The molecule has 1 fully saturated rings. The number of anilines is 2. The van der Waals surface area contributed by atoms with E-state index in [1.54, 1.807) is 11.3 Å². The van der Waals surface area contributed by atoms with Gasteiger partial charge < -0.3 is 15.4 Å². The highest BCUT2D eigenvalue weighted by Crippen LogP contribution is 2.34. The van der Waals surface area contributed by atoms with E-state index in [-0.39, 0.29) is 6.10 Å². The number of aromatic amines is 1. The first kappa shape index (κ1) is 18.4. The molecular formula is C24H25N3OS. The minimum absolute atomic E-state index is 0.127. The number of piperidine rings is 1. The van der Waals surface area contributed by atoms with E-state index in [4.69, 9.17) is 0 Å². The van der Waals surface area contributed by atoms with Crippen molar-refractivity contribution < 1.29 is 5.11 Å². The molecule has 29 heavy (non-hydrogen) atoms. The minimum atomic E-state index is -0.127. The van der Waals surface area contributed by atoms with Gasteiger partial charge >= 0.3 is 0 Å². The van der Waals surface area contributed by atoms with Crippen LogP contribution < -0.4 is 5.32 Å². The number of aliphatic hydroxyl groups is 1. The van der Waals surface area contributed by atoms with Crippen LogP contribution in [0.3, 0.4) is 0 Å². The topological polar surface area (TPSA) is 51.3 Å². The summed E-state index contributed by atoms with van der Waals surface area (Å²) in [6.07, 6.45) is 3.59. The molecule has 5 heteroatoms. The Morgan fingerprint density at radius 2 is 1.90 bits per heavy atom. The maximum Gasteiger partial charge on any atom is 0.0564 e. The number of H-pyrrole nitrogens is 1. The molecule has 0 bridgehead atoms. The molecule has 1 aliphatic rings. The Labute approximate surface area is 174 Å². The van der Waals surface area contributed by atoms with Gasteiger partial charge in [0.2, 0.25) is 0 Å². The van der Waals surface area contributed by atoms with Gasteiger partial charge in [-0.05, 0) is 54.3 Å². The molecule has 3 heterocycles. The van der Waals surface area contributed by atoms with E-state index >= 15 is 0 Å². The fourth-order valence-electron chi connectivity index (χ4n) is 4.06. The molecule has 0 atom stereocenters. The summed E-state index contributed by atoms with van der Waals surface area (Å²) in [6.45, 7) is 2.87. The molecule has 4 nitrogen and oxygen atoms in total. The maximum absolute atomic E-state index is 9.76. The number of hydrogen-bond acceptors (Lipinski definition) is 4.